The molecule has 1 aromatic heterocycles. The summed E-state index contributed by atoms with van der Waals surface area (Å²) in [5.41, 5.74) is 4.83. The van der Waals surface area contributed by atoms with Crippen LogP contribution in [0.2, 0.25) is 0 Å². The van der Waals surface area contributed by atoms with E-state index in [-0.39, 0.29) is 6.04 Å². The first kappa shape index (κ1) is 12.4. The average Bonchev–Trinajstić information content (AvgIpc) is 2.90. The highest BCUT2D eigenvalue weighted by molar-refractivity contribution is 5.31. The lowest BCUT2D eigenvalue weighted by Gasteiger charge is -2.11. The molecule has 0 saturated carbocycles. The molecule has 0 aliphatic carbocycles. The van der Waals surface area contributed by atoms with Crippen molar-refractivity contribution in [3.63, 3.8) is 0 Å². The Balaban J connectivity index is 2.17. The van der Waals surface area contributed by atoms with E-state index in [0.717, 1.165) is 17.7 Å². The lowest BCUT2D eigenvalue weighted by molar-refractivity contribution is 0.524. The van der Waals surface area contributed by atoms with E-state index < -0.39 is 0 Å². The van der Waals surface area contributed by atoms with Crippen LogP contribution >= 0.6 is 0 Å². The lowest BCUT2D eigenvalue weighted by Crippen LogP contribution is -2.27. The van der Waals surface area contributed by atoms with Crippen LogP contribution in [-0.2, 0) is 0 Å². The summed E-state index contributed by atoms with van der Waals surface area (Å²) in [5.74, 6) is 8.16. The molecule has 0 radical (unpaired) electrons. The van der Waals surface area contributed by atoms with Gasteiger partial charge in [-0.15, -0.1) is 12.3 Å². The molecule has 92 valence electrons. The zero-order chi connectivity index (χ0) is 12.8. The topological polar surface area (TPSA) is 55.9 Å². The van der Waals surface area contributed by atoms with E-state index in [4.69, 9.17) is 12.3 Å². The van der Waals surface area contributed by atoms with E-state index in [1.54, 1.807) is 0 Å². The normalized spacial score (nSPS) is 12.0. The smallest absolute Gasteiger partial charge is 0.0645 e. The van der Waals surface area contributed by atoms with Crippen LogP contribution in [0.4, 0.5) is 0 Å². The van der Waals surface area contributed by atoms with Gasteiger partial charge in [0.2, 0.25) is 0 Å². The fraction of sp³-hybridized carbons (Fsp3) is 0.214. The van der Waals surface area contributed by atoms with Crippen molar-refractivity contribution < 1.29 is 0 Å². The van der Waals surface area contributed by atoms with Gasteiger partial charge in [0.1, 0.15) is 0 Å². The number of para-hydroxylation sites is 1. The number of aromatic nitrogens is 2. The summed E-state index contributed by atoms with van der Waals surface area (Å²) in [6, 6.07) is 9.98. The number of rotatable bonds is 5. The Morgan fingerprint density at radius 2 is 2.17 bits per heavy atom. The van der Waals surface area contributed by atoms with Crippen molar-refractivity contribution in [3.8, 4) is 18.0 Å². The van der Waals surface area contributed by atoms with Crippen molar-refractivity contribution in [3.05, 3.63) is 48.3 Å². The Morgan fingerprint density at radius 1 is 1.39 bits per heavy atom. The number of hydrogen-bond acceptors (Lipinski definition) is 3. The second-order valence-electron chi connectivity index (χ2n) is 4.02. The summed E-state index contributed by atoms with van der Waals surface area (Å²) in [4.78, 5) is 0. The summed E-state index contributed by atoms with van der Waals surface area (Å²) >= 11 is 0. The summed E-state index contributed by atoms with van der Waals surface area (Å²) < 4.78 is 1.83. The van der Waals surface area contributed by atoms with E-state index in [9.17, 15) is 0 Å². The average molecular weight is 240 g/mol. The van der Waals surface area contributed by atoms with Crippen molar-refractivity contribution >= 4 is 0 Å². The number of hydrogen-bond donors (Lipinski definition) is 2. The molecule has 0 fully saturated rings. The number of nitrogens with zero attached hydrogens (tertiary/aromatic N) is 2. The van der Waals surface area contributed by atoms with E-state index >= 15 is 0 Å². The Bertz CT molecular complexity index is 524. The summed E-state index contributed by atoms with van der Waals surface area (Å²) in [5, 5.41) is 4.33. The minimum atomic E-state index is 0.0403. The van der Waals surface area contributed by atoms with Crippen molar-refractivity contribution in [2.45, 2.75) is 18.9 Å². The van der Waals surface area contributed by atoms with Gasteiger partial charge in [-0.05, 0) is 18.6 Å². The first-order valence-corrected chi connectivity index (χ1v) is 5.84. The van der Waals surface area contributed by atoms with Gasteiger partial charge in [0, 0.05) is 24.2 Å². The van der Waals surface area contributed by atoms with Crippen LogP contribution in [0.1, 0.15) is 24.4 Å². The standard InChI is InChI=1S/C14H16N4/c1-2-3-9-14(17-15)12-10-16-18(11-12)13-7-5-4-6-8-13/h1,4-8,10-11,14,17H,3,9,15H2. The second kappa shape index (κ2) is 6.01. The predicted molar refractivity (Wildman–Crippen MR) is 71.7 cm³/mol. The van der Waals surface area contributed by atoms with E-state index in [2.05, 4.69) is 16.4 Å². The Labute approximate surface area is 107 Å². The highest BCUT2D eigenvalue weighted by atomic mass is 15.3. The maximum absolute atomic E-state index is 5.54. The third-order valence-electron chi connectivity index (χ3n) is 2.80. The zero-order valence-electron chi connectivity index (χ0n) is 10.1. The van der Waals surface area contributed by atoms with Crippen LogP contribution in [0.25, 0.3) is 5.69 Å². The minimum Gasteiger partial charge on any atom is -0.271 e. The molecule has 0 amide bonds. The first-order valence-electron chi connectivity index (χ1n) is 5.84. The molecule has 18 heavy (non-hydrogen) atoms. The number of nitrogens with two attached hydrogens (primary N) is 1. The molecule has 0 aliphatic rings. The van der Waals surface area contributed by atoms with Crippen LogP contribution in [-0.4, -0.2) is 9.78 Å². The third kappa shape index (κ3) is 2.77. The monoisotopic (exact) mass is 240 g/mol. The molecule has 4 nitrogen and oxygen atoms in total. The molecule has 0 bridgehead atoms. The van der Waals surface area contributed by atoms with Gasteiger partial charge in [-0.25, -0.2) is 4.68 Å². The molecular formula is C14H16N4. The van der Waals surface area contributed by atoms with Gasteiger partial charge in [-0.3, -0.25) is 11.3 Å². The maximum Gasteiger partial charge on any atom is 0.0645 e. The Morgan fingerprint density at radius 3 is 2.83 bits per heavy atom. The molecule has 4 heteroatoms. The largest absolute Gasteiger partial charge is 0.271 e. The number of benzene rings is 1. The minimum absolute atomic E-state index is 0.0403. The van der Waals surface area contributed by atoms with Crippen LogP contribution in [0.5, 0.6) is 0 Å². The summed E-state index contributed by atoms with van der Waals surface area (Å²) in [6.07, 6.45) is 10.5. The predicted octanol–water partition coefficient (Wildman–Crippen LogP) is 1.79. The van der Waals surface area contributed by atoms with Gasteiger partial charge in [-0.2, -0.15) is 5.10 Å². The van der Waals surface area contributed by atoms with E-state index in [1.165, 1.54) is 0 Å². The van der Waals surface area contributed by atoms with Crippen molar-refractivity contribution in [2.24, 2.45) is 5.84 Å². The van der Waals surface area contributed by atoms with Gasteiger partial charge in [-0.1, -0.05) is 18.2 Å². The van der Waals surface area contributed by atoms with Crippen LogP contribution in [0, 0.1) is 12.3 Å². The SMILES string of the molecule is C#CCCC(NN)c1cnn(-c2ccccc2)c1. The molecule has 1 aromatic carbocycles. The highest BCUT2D eigenvalue weighted by Crippen LogP contribution is 2.18. The zero-order valence-corrected chi connectivity index (χ0v) is 10.1. The molecule has 1 atom stereocenters. The second-order valence-corrected chi connectivity index (χ2v) is 4.02. The molecule has 3 N–H and O–H groups in total. The third-order valence-corrected chi connectivity index (χ3v) is 2.80. The van der Waals surface area contributed by atoms with E-state index in [0.29, 0.717) is 6.42 Å². The fourth-order valence-electron chi connectivity index (χ4n) is 1.81. The Hall–Kier alpha value is -2.09. The molecule has 0 saturated heterocycles. The quantitative estimate of drug-likeness (QED) is 0.476. The number of hydrazine groups is 1. The first-order chi connectivity index (χ1) is 8.85. The van der Waals surface area contributed by atoms with Gasteiger partial charge >= 0.3 is 0 Å². The molecule has 2 aromatic rings. The highest BCUT2D eigenvalue weighted by Gasteiger charge is 2.11. The van der Waals surface area contributed by atoms with Gasteiger partial charge in [0.15, 0.2) is 0 Å². The fourth-order valence-corrected chi connectivity index (χ4v) is 1.81. The van der Waals surface area contributed by atoms with Crippen LogP contribution in [0.15, 0.2) is 42.7 Å². The number of nitrogens with one attached hydrogen (secondary N) is 1. The van der Waals surface area contributed by atoms with Crippen molar-refractivity contribution in [1.29, 1.82) is 0 Å². The Kier molecular flexibility index (Phi) is 4.13. The molecule has 1 heterocycles. The lowest BCUT2D eigenvalue weighted by atomic mass is 10.1. The molecule has 1 unspecified atom stereocenters. The molecule has 2 rings (SSSR count). The van der Waals surface area contributed by atoms with Crippen LogP contribution < -0.4 is 11.3 Å². The van der Waals surface area contributed by atoms with Gasteiger partial charge in [0.05, 0.1) is 11.9 Å². The van der Waals surface area contributed by atoms with Crippen LogP contribution in [0.3, 0.4) is 0 Å². The molecule has 0 spiro atoms. The maximum atomic E-state index is 5.54. The number of terminal acetylenes is 1. The molecule has 0 aliphatic heterocycles. The summed E-state index contributed by atoms with van der Waals surface area (Å²) in [6.45, 7) is 0. The van der Waals surface area contributed by atoms with E-state index in [1.807, 2.05) is 47.4 Å². The van der Waals surface area contributed by atoms with Crippen molar-refractivity contribution in [2.75, 3.05) is 0 Å². The van der Waals surface area contributed by atoms with Gasteiger partial charge in [0.25, 0.3) is 0 Å². The van der Waals surface area contributed by atoms with Crippen molar-refractivity contribution in [1.82, 2.24) is 15.2 Å². The summed E-state index contributed by atoms with van der Waals surface area (Å²) in [7, 11) is 0. The van der Waals surface area contributed by atoms with Gasteiger partial charge < -0.3 is 0 Å². The molecular weight excluding hydrogens is 224 g/mol.